The Bertz CT molecular complexity index is 636. The number of benzene rings is 1. The molecular formula is C13H8BrCl3N2. The zero-order valence-electron chi connectivity index (χ0n) is 9.63. The molecule has 1 aliphatic rings. The first-order valence-electron chi connectivity index (χ1n) is 5.75. The minimum absolute atomic E-state index is 0.392. The molecule has 2 nitrogen and oxygen atoms in total. The fourth-order valence-electron chi connectivity index (χ4n) is 1.89. The normalized spacial score (nSPS) is 14.7. The van der Waals surface area contributed by atoms with Crippen LogP contribution in [0.3, 0.4) is 0 Å². The molecular weight excluding hydrogens is 370 g/mol. The molecule has 1 heterocycles. The van der Waals surface area contributed by atoms with E-state index in [0.717, 1.165) is 23.0 Å². The molecule has 19 heavy (non-hydrogen) atoms. The molecule has 98 valence electrons. The van der Waals surface area contributed by atoms with Gasteiger partial charge in [-0.2, -0.15) is 0 Å². The average molecular weight is 378 g/mol. The number of halogens is 4. The Balaban J connectivity index is 2.20. The molecule has 0 unspecified atom stereocenters. The van der Waals surface area contributed by atoms with E-state index in [1.807, 2.05) is 0 Å². The lowest BCUT2D eigenvalue weighted by Gasteiger charge is -2.10. The molecule has 0 spiro atoms. The summed E-state index contributed by atoms with van der Waals surface area (Å²) in [5.41, 5.74) is 1.56. The van der Waals surface area contributed by atoms with Crippen molar-refractivity contribution in [1.82, 2.24) is 9.97 Å². The highest BCUT2D eigenvalue weighted by Crippen LogP contribution is 2.45. The highest BCUT2D eigenvalue weighted by atomic mass is 79.9. The van der Waals surface area contributed by atoms with Crippen molar-refractivity contribution in [2.45, 2.75) is 18.8 Å². The predicted octanol–water partition coefficient (Wildman–Crippen LogP) is 5.74. The molecule has 0 amide bonds. The molecule has 0 N–H and O–H groups in total. The van der Waals surface area contributed by atoms with Crippen molar-refractivity contribution in [2.75, 3.05) is 0 Å². The second-order valence-corrected chi connectivity index (χ2v) is 6.37. The first-order chi connectivity index (χ1) is 9.08. The monoisotopic (exact) mass is 376 g/mol. The quantitative estimate of drug-likeness (QED) is 0.623. The van der Waals surface area contributed by atoms with Crippen LogP contribution in [-0.4, -0.2) is 9.97 Å². The van der Waals surface area contributed by atoms with Gasteiger partial charge in [0, 0.05) is 5.92 Å². The Morgan fingerprint density at radius 2 is 1.68 bits per heavy atom. The number of hydrogen-bond acceptors (Lipinski definition) is 2. The molecule has 0 radical (unpaired) electrons. The van der Waals surface area contributed by atoms with Crippen LogP contribution in [0.25, 0.3) is 11.4 Å². The van der Waals surface area contributed by atoms with Gasteiger partial charge in [-0.05, 0) is 40.9 Å². The van der Waals surface area contributed by atoms with E-state index >= 15 is 0 Å². The van der Waals surface area contributed by atoms with E-state index in [4.69, 9.17) is 34.8 Å². The maximum Gasteiger partial charge on any atom is 0.164 e. The van der Waals surface area contributed by atoms with Crippen molar-refractivity contribution in [3.8, 4) is 11.4 Å². The first-order valence-corrected chi connectivity index (χ1v) is 7.68. The van der Waals surface area contributed by atoms with Crippen LogP contribution in [0, 0.1) is 0 Å². The van der Waals surface area contributed by atoms with Crippen molar-refractivity contribution >= 4 is 50.7 Å². The second kappa shape index (κ2) is 5.21. The standard InChI is InChI=1S/C13H8BrCl3N2/c14-10-11(6-4-5-6)18-13(19-12(10)17)9-7(15)2-1-3-8(9)16/h1-3,6H,4-5H2. The van der Waals surface area contributed by atoms with Crippen LogP contribution in [0.1, 0.15) is 24.5 Å². The second-order valence-electron chi connectivity index (χ2n) is 4.41. The van der Waals surface area contributed by atoms with E-state index in [1.165, 1.54) is 0 Å². The van der Waals surface area contributed by atoms with Gasteiger partial charge in [-0.3, -0.25) is 0 Å². The fraction of sp³-hybridized carbons (Fsp3) is 0.231. The molecule has 1 aromatic heterocycles. The van der Waals surface area contributed by atoms with Crippen LogP contribution in [0.4, 0.5) is 0 Å². The van der Waals surface area contributed by atoms with Gasteiger partial charge in [-0.1, -0.05) is 40.9 Å². The molecule has 6 heteroatoms. The largest absolute Gasteiger partial charge is 0.231 e. The smallest absolute Gasteiger partial charge is 0.164 e. The highest BCUT2D eigenvalue weighted by molar-refractivity contribution is 9.10. The van der Waals surface area contributed by atoms with E-state index in [-0.39, 0.29) is 0 Å². The Kier molecular flexibility index (Phi) is 3.73. The van der Waals surface area contributed by atoms with E-state index in [1.54, 1.807) is 18.2 Å². The average Bonchev–Trinajstić information content (AvgIpc) is 3.17. The van der Waals surface area contributed by atoms with Gasteiger partial charge in [0.1, 0.15) is 5.15 Å². The molecule has 1 aromatic carbocycles. The molecule has 1 aliphatic carbocycles. The molecule has 0 aliphatic heterocycles. The lowest BCUT2D eigenvalue weighted by Crippen LogP contribution is -1.98. The summed E-state index contributed by atoms with van der Waals surface area (Å²) in [7, 11) is 0. The number of rotatable bonds is 2. The van der Waals surface area contributed by atoms with Crippen molar-refractivity contribution in [2.24, 2.45) is 0 Å². The van der Waals surface area contributed by atoms with E-state index < -0.39 is 0 Å². The maximum atomic E-state index is 6.18. The zero-order chi connectivity index (χ0) is 13.6. The molecule has 1 fully saturated rings. The summed E-state index contributed by atoms with van der Waals surface area (Å²) < 4.78 is 0.767. The first kappa shape index (κ1) is 13.6. The number of aromatic nitrogens is 2. The van der Waals surface area contributed by atoms with Gasteiger partial charge >= 0.3 is 0 Å². The number of nitrogens with zero attached hydrogens (tertiary/aromatic N) is 2. The van der Waals surface area contributed by atoms with Gasteiger partial charge in [-0.15, -0.1) is 0 Å². The molecule has 0 saturated heterocycles. The van der Waals surface area contributed by atoms with Crippen LogP contribution in [0.2, 0.25) is 15.2 Å². The van der Waals surface area contributed by atoms with Crippen LogP contribution in [-0.2, 0) is 0 Å². The van der Waals surface area contributed by atoms with Crippen LogP contribution >= 0.6 is 50.7 Å². The van der Waals surface area contributed by atoms with Gasteiger partial charge in [0.25, 0.3) is 0 Å². The molecule has 2 aromatic rings. The van der Waals surface area contributed by atoms with E-state index in [0.29, 0.717) is 32.5 Å². The van der Waals surface area contributed by atoms with Crippen molar-refractivity contribution in [3.05, 3.63) is 43.6 Å². The minimum Gasteiger partial charge on any atom is -0.231 e. The predicted molar refractivity (Wildman–Crippen MR) is 82.2 cm³/mol. The van der Waals surface area contributed by atoms with Gasteiger partial charge in [0.05, 0.1) is 25.8 Å². The zero-order valence-corrected chi connectivity index (χ0v) is 13.5. The SMILES string of the molecule is Clc1cccc(Cl)c1-c1nc(Cl)c(Br)c(C2CC2)n1. The topological polar surface area (TPSA) is 25.8 Å². The Labute approximate surface area is 134 Å². The fourth-order valence-corrected chi connectivity index (χ4v) is 3.13. The van der Waals surface area contributed by atoms with E-state index in [9.17, 15) is 0 Å². The Morgan fingerprint density at radius 1 is 1.05 bits per heavy atom. The van der Waals surface area contributed by atoms with Crippen molar-refractivity contribution in [3.63, 3.8) is 0 Å². The molecule has 0 atom stereocenters. The van der Waals surface area contributed by atoms with Gasteiger partial charge in [0.15, 0.2) is 5.82 Å². The Morgan fingerprint density at radius 3 is 2.26 bits per heavy atom. The highest BCUT2D eigenvalue weighted by Gasteiger charge is 2.29. The third kappa shape index (κ3) is 2.62. The van der Waals surface area contributed by atoms with Gasteiger partial charge in [-0.25, -0.2) is 9.97 Å². The summed E-state index contributed by atoms with van der Waals surface area (Å²) in [6, 6.07) is 5.31. The third-order valence-corrected chi connectivity index (χ3v) is 4.90. The summed E-state index contributed by atoms with van der Waals surface area (Å²) in [5, 5.41) is 1.43. The van der Waals surface area contributed by atoms with E-state index in [2.05, 4.69) is 25.9 Å². The molecule has 3 rings (SSSR count). The minimum atomic E-state index is 0.392. The third-order valence-electron chi connectivity index (χ3n) is 2.99. The summed E-state index contributed by atoms with van der Waals surface area (Å²) in [4.78, 5) is 8.85. The van der Waals surface area contributed by atoms with Crippen LogP contribution in [0.5, 0.6) is 0 Å². The van der Waals surface area contributed by atoms with Gasteiger partial charge < -0.3 is 0 Å². The molecule has 0 bridgehead atoms. The maximum absolute atomic E-state index is 6.18. The van der Waals surface area contributed by atoms with Crippen molar-refractivity contribution < 1.29 is 0 Å². The number of hydrogen-bond donors (Lipinski definition) is 0. The molecule has 1 saturated carbocycles. The lowest BCUT2D eigenvalue weighted by atomic mass is 10.2. The van der Waals surface area contributed by atoms with Crippen molar-refractivity contribution in [1.29, 1.82) is 0 Å². The summed E-state index contributed by atoms with van der Waals surface area (Å²) >= 11 is 22.0. The summed E-state index contributed by atoms with van der Waals surface area (Å²) in [6.07, 6.45) is 2.25. The van der Waals surface area contributed by atoms with Crippen LogP contribution in [0.15, 0.2) is 22.7 Å². The lowest BCUT2D eigenvalue weighted by molar-refractivity contribution is 0.980. The van der Waals surface area contributed by atoms with Gasteiger partial charge in [0.2, 0.25) is 0 Å². The summed E-state index contributed by atoms with van der Waals surface area (Å²) in [5.74, 6) is 0.931. The van der Waals surface area contributed by atoms with Crippen LogP contribution < -0.4 is 0 Å². The Hall–Kier alpha value is -0.350. The summed E-state index contributed by atoms with van der Waals surface area (Å²) in [6.45, 7) is 0.